The second kappa shape index (κ2) is 5.71. The Morgan fingerprint density at radius 1 is 1.58 bits per heavy atom. The molecular formula is C12H15ClFN3O2. The van der Waals surface area contributed by atoms with E-state index in [2.05, 4.69) is 5.32 Å². The zero-order valence-electron chi connectivity index (χ0n) is 10.5. The number of hydrogen-bond donors (Lipinski definition) is 1. The highest BCUT2D eigenvalue weighted by Crippen LogP contribution is 2.34. The summed E-state index contributed by atoms with van der Waals surface area (Å²) in [6.07, 6.45) is 0.831. The van der Waals surface area contributed by atoms with Gasteiger partial charge >= 0.3 is 0 Å². The van der Waals surface area contributed by atoms with Crippen molar-refractivity contribution in [1.29, 1.82) is 0 Å². The Bertz CT molecular complexity index is 494. The third kappa shape index (κ3) is 2.79. The number of halogens is 2. The van der Waals surface area contributed by atoms with E-state index in [4.69, 9.17) is 11.6 Å². The monoisotopic (exact) mass is 287 g/mol. The number of benzene rings is 1. The maximum absolute atomic E-state index is 13.6. The number of rotatable bonds is 5. The molecule has 0 atom stereocenters. The van der Waals surface area contributed by atoms with Crippen molar-refractivity contribution >= 4 is 23.0 Å². The molecule has 7 heteroatoms. The van der Waals surface area contributed by atoms with Crippen molar-refractivity contribution in [2.75, 3.05) is 24.5 Å². The van der Waals surface area contributed by atoms with Crippen LogP contribution in [-0.2, 0) is 0 Å². The molecule has 0 saturated carbocycles. The van der Waals surface area contributed by atoms with Crippen LogP contribution in [0.3, 0.4) is 0 Å². The maximum atomic E-state index is 13.6. The van der Waals surface area contributed by atoms with Crippen molar-refractivity contribution in [3.8, 4) is 0 Å². The molecule has 0 amide bonds. The largest absolute Gasteiger partial charge is 0.360 e. The molecule has 0 aliphatic carbocycles. The third-order valence-corrected chi connectivity index (χ3v) is 3.48. The van der Waals surface area contributed by atoms with Crippen molar-refractivity contribution in [2.45, 2.75) is 19.4 Å². The molecule has 19 heavy (non-hydrogen) atoms. The van der Waals surface area contributed by atoms with Gasteiger partial charge < -0.3 is 10.2 Å². The predicted octanol–water partition coefficient (Wildman–Crippen LogP) is 2.58. The van der Waals surface area contributed by atoms with Crippen LogP contribution in [0.15, 0.2) is 12.1 Å². The van der Waals surface area contributed by atoms with Gasteiger partial charge in [-0.1, -0.05) is 18.5 Å². The van der Waals surface area contributed by atoms with E-state index in [0.717, 1.165) is 31.6 Å². The first-order valence-corrected chi connectivity index (χ1v) is 6.53. The van der Waals surface area contributed by atoms with Crippen LogP contribution in [0.1, 0.15) is 13.3 Å². The van der Waals surface area contributed by atoms with Gasteiger partial charge in [0.1, 0.15) is 11.5 Å². The molecule has 0 unspecified atom stereocenters. The van der Waals surface area contributed by atoms with E-state index in [1.165, 1.54) is 0 Å². The summed E-state index contributed by atoms with van der Waals surface area (Å²) in [7, 11) is 0. The molecule has 1 aliphatic rings. The Balaban J connectivity index is 2.44. The fourth-order valence-corrected chi connectivity index (χ4v) is 2.29. The molecule has 0 bridgehead atoms. The topological polar surface area (TPSA) is 58.4 Å². The van der Waals surface area contributed by atoms with Gasteiger partial charge in [-0.25, -0.2) is 4.39 Å². The Morgan fingerprint density at radius 3 is 2.74 bits per heavy atom. The van der Waals surface area contributed by atoms with E-state index in [9.17, 15) is 14.5 Å². The molecule has 0 radical (unpaired) electrons. The molecule has 0 aromatic heterocycles. The standard InChI is InChI=1S/C12H15ClFN3O2/c1-2-3-16(8-6-15-7-8)11-5-10(14)9(13)4-12(11)17(18)19/h4-5,8,15H,2-3,6-7H2,1H3. The second-order valence-corrected chi connectivity index (χ2v) is 4.92. The summed E-state index contributed by atoms with van der Waals surface area (Å²) in [5.74, 6) is -0.629. The molecule has 0 spiro atoms. The molecule has 2 rings (SSSR count). The predicted molar refractivity (Wildman–Crippen MR) is 72.4 cm³/mol. The first kappa shape index (κ1) is 14.0. The van der Waals surface area contributed by atoms with Gasteiger partial charge in [-0.3, -0.25) is 10.1 Å². The number of anilines is 1. The van der Waals surface area contributed by atoms with E-state index in [1.807, 2.05) is 11.8 Å². The molecule has 5 nitrogen and oxygen atoms in total. The van der Waals surface area contributed by atoms with Gasteiger partial charge in [-0.2, -0.15) is 0 Å². The van der Waals surface area contributed by atoms with Crippen LogP contribution < -0.4 is 10.2 Å². The first-order chi connectivity index (χ1) is 9.04. The van der Waals surface area contributed by atoms with Crippen LogP contribution in [0.25, 0.3) is 0 Å². The highest BCUT2D eigenvalue weighted by molar-refractivity contribution is 6.31. The summed E-state index contributed by atoms with van der Waals surface area (Å²) >= 11 is 5.63. The SMILES string of the molecule is CCCN(c1cc(F)c(Cl)cc1[N+](=O)[O-])C1CNC1. The van der Waals surface area contributed by atoms with E-state index >= 15 is 0 Å². The molecule has 1 aromatic rings. The summed E-state index contributed by atoms with van der Waals surface area (Å²) in [5, 5.41) is 14.0. The van der Waals surface area contributed by atoms with Crippen molar-refractivity contribution < 1.29 is 9.31 Å². The zero-order valence-corrected chi connectivity index (χ0v) is 11.3. The third-order valence-electron chi connectivity index (χ3n) is 3.19. The van der Waals surface area contributed by atoms with Gasteiger partial charge in [0.25, 0.3) is 5.69 Å². The van der Waals surface area contributed by atoms with Crippen LogP contribution in [-0.4, -0.2) is 30.6 Å². The Morgan fingerprint density at radius 2 is 2.26 bits per heavy atom. The van der Waals surface area contributed by atoms with Crippen LogP contribution in [0.2, 0.25) is 5.02 Å². The van der Waals surface area contributed by atoms with Gasteiger partial charge in [0.2, 0.25) is 0 Å². The smallest absolute Gasteiger partial charge is 0.294 e. The van der Waals surface area contributed by atoms with Gasteiger partial charge in [0, 0.05) is 31.8 Å². The minimum absolute atomic E-state index is 0.147. The number of nitro benzene ring substituents is 1. The van der Waals surface area contributed by atoms with Crippen molar-refractivity contribution in [1.82, 2.24) is 5.32 Å². The quantitative estimate of drug-likeness (QED) is 0.668. The summed E-state index contributed by atoms with van der Waals surface area (Å²) in [6.45, 7) is 4.13. The Labute approximate surface area is 115 Å². The summed E-state index contributed by atoms with van der Waals surface area (Å²) < 4.78 is 13.6. The number of nitrogens with zero attached hydrogens (tertiary/aromatic N) is 2. The number of hydrogen-bond acceptors (Lipinski definition) is 4. The van der Waals surface area contributed by atoms with Gasteiger partial charge in [0.05, 0.1) is 16.0 Å². The Hall–Kier alpha value is -1.40. The fourth-order valence-electron chi connectivity index (χ4n) is 2.14. The molecule has 1 aliphatic heterocycles. The molecule has 1 N–H and O–H groups in total. The normalized spacial score (nSPS) is 15.1. The Kier molecular flexibility index (Phi) is 4.21. The maximum Gasteiger partial charge on any atom is 0.294 e. The molecule has 1 fully saturated rings. The minimum atomic E-state index is -0.629. The molecule has 1 heterocycles. The van der Waals surface area contributed by atoms with Gasteiger partial charge in [0.15, 0.2) is 0 Å². The van der Waals surface area contributed by atoms with E-state index < -0.39 is 10.7 Å². The fraction of sp³-hybridized carbons (Fsp3) is 0.500. The van der Waals surface area contributed by atoms with E-state index in [1.54, 1.807) is 0 Å². The number of nitro groups is 1. The lowest BCUT2D eigenvalue weighted by atomic mass is 10.1. The van der Waals surface area contributed by atoms with Crippen molar-refractivity contribution in [2.24, 2.45) is 0 Å². The first-order valence-electron chi connectivity index (χ1n) is 6.15. The van der Waals surface area contributed by atoms with Gasteiger partial charge in [-0.15, -0.1) is 0 Å². The van der Waals surface area contributed by atoms with Crippen molar-refractivity contribution in [3.05, 3.63) is 33.1 Å². The zero-order chi connectivity index (χ0) is 14.0. The van der Waals surface area contributed by atoms with Crippen LogP contribution >= 0.6 is 11.6 Å². The minimum Gasteiger partial charge on any atom is -0.360 e. The lowest BCUT2D eigenvalue weighted by Gasteiger charge is -2.39. The van der Waals surface area contributed by atoms with Crippen LogP contribution in [0.5, 0.6) is 0 Å². The van der Waals surface area contributed by atoms with Crippen molar-refractivity contribution in [3.63, 3.8) is 0 Å². The summed E-state index contributed by atoms with van der Waals surface area (Å²) in [4.78, 5) is 12.5. The second-order valence-electron chi connectivity index (χ2n) is 4.52. The molecule has 1 saturated heterocycles. The average Bonchev–Trinajstić information content (AvgIpc) is 2.29. The average molecular weight is 288 g/mol. The van der Waals surface area contributed by atoms with E-state index in [-0.39, 0.29) is 16.8 Å². The highest BCUT2D eigenvalue weighted by atomic mass is 35.5. The summed E-state index contributed by atoms with van der Waals surface area (Å²) in [6, 6.07) is 2.41. The van der Waals surface area contributed by atoms with E-state index in [0.29, 0.717) is 12.2 Å². The summed E-state index contributed by atoms with van der Waals surface area (Å²) in [5.41, 5.74) is 0.159. The number of nitrogens with one attached hydrogen (secondary N) is 1. The van der Waals surface area contributed by atoms with Crippen LogP contribution in [0, 0.1) is 15.9 Å². The molecule has 1 aromatic carbocycles. The lowest BCUT2D eigenvalue weighted by molar-refractivity contribution is -0.384. The van der Waals surface area contributed by atoms with Gasteiger partial charge in [-0.05, 0) is 6.42 Å². The molecule has 104 valence electrons. The highest BCUT2D eigenvalue weighted by Gasteiger charge is 2.30. The van der Waals surface area contributed by atoms with Crippen LogP contribution in [0.4, 0.5) is 15.8 Å². The lowest BCUT2D eigenvalue weighted by Crippen LogP contribution is -2.57. The molecular weight excluding hydrogens is 273 g/mol.